The Morgan fingerprint density at radius 1 is 1.30 bits per heavy atom. The summed E-state index contributed by atoms with van der Waals surface area (Å²) in [6.07, 6.45) is 6.32. The van der Waals surface area contributed by atoms with Crippen LogP contribution in [0.5, 0.6) is 0 Å². The van der Waals surface area contributed by atoms with Gasteiger partial charge in [0.1, 0.15) is 11.6 Å². The number of rotatable bonds is 6. The van der Waals surface area contributed by atoms with Gasteiger partial charge in [-0.2, -0.15) is 5.10 Å². The van der Waals surface area contributed by atoms with Crippen molar-refractivity contribution in [3.05, 3.63) is 50.6 Å². The van der Waals surface area contributed by atoms with E-state index in [9.17, 15) is 14.7 Å². The fourth-order valence-corrected chi connectivity index (χ4v) is 5.97. The van der Waals surface area contributed by atoms with Crippen LogP contribution >= 0.6 is 23.2 Å². The van der Waals surface area contributed by atoms with Crippen molar-refractivity contribution in [2.24, 2.45) is 17.3 Å². The Hall–Kier alpha value is -2.16. The monoisotopic (exact) mass is 493 g/mol. The molecule has 8 nitrogen and oxygen atoms in total. The van der Waals surface area contributed by atoms with Crippen molar-refractivity contribution < 1.29 is 9.90 Å². The quantitative estimate of drug-likeness (QED) is 0.568. The molecule has 33 heavy (non-hydrogen) atoms. The highest BCUT2D eigenvalue weighted by Gasteiger charge is 2.62. The van der Waals surface area contributed by atoms with E-state index in [0.717, 1.165) is 23.1 Å². The molecule has 1 unspecified atom stereocenters. The molecule has 3 aliphatic rings. The van der Waals surface area contributed by atoms with E-state index in [0.29, 0.717) is 16.6 Å². The fourth-order valence-electron chi connectivity index (χ4n) is 5.48. The van der Waals surface area contributed by atoms with Crippen LogP contribution in [0.25, 0.3) is 0 Å². The van der Waals surface area contributed by atoms with Crippen molar-refractivity contribution >= 4 is 34.8 Å². The average molecular weight is 494 g/mol. The molecule has 0 aromatic carbocycles. The number of hydrogen-bond donors (Lipinski definition) is 3. The van der Waals surface area contributed by atoms with Crippen LogP contribution in [0, 0.1) is 17.3 Å². The highest BCUT2D eigenvalue weighted by atomic mass is 35.5. The van der Waals surface area contributed by atoms with E-state index in [1.165, 1.54) is 12.4 Å². The summed E-state index contributed by atoms with van der Waals surface area (Å²) >= 11 is 12.5. The molecule has 2 heterocycles. The predicted octanol–water partition coefficient (Wildman–Crippen LogP) is 3.42. The molecule has 3 fully saturated rings. The molecule has 3 saturated carbocycles. The van der Waals surface area contributed by atoms with Gasteiger partial charge in [0.25, 0.3) is 5.56 Å². The first-order valence-electron chi connectivity index (χ1n) is 11.1. The Morgan fingerprint density at radius 2 is 2.03 bits per heavy atom. The normalized spacial score (nSPS) is 28.5. The third-order valence-corrected chi connectivity index (χ3v) is 8.34. The molecule has 3 aliphatic carbocycles. The van der Waals surface area contributed by atoms with Crippen molar-refractivity contribution in [1.82, 2.24) is 20.1 Å². The zero-order chi connectivity index (χ0) is 24.1. The number of hydrogen-bond acceptors (Lipinski definition) is 6. The van der Waals surface area contributed by atoms with Crippen LogP contribution in [0.15, 0.2) is 29.5 Å². The molecule has 1 amide bonds. The number of fused-ring (bicyclic) bond motifs is 2. The lowest BCUT2D eigenvalue weighted by atomic mass is 9.43. The van der Waals surface area contributed by atoms with E-state index in [4.69, 9.17) is 23.2 Å². The predicted molar refractivity (Wildman–Crippen MR) is 127 cm³/mol. The first-order chi connectivity index (χ1) is 15.4. The summed E-state index contributed by atoms with van der Waals surface area (Å²) in [4.78, 5) is 29.2. The Balaban J connectivity index is 1.44. The van der Waals surface area contributed by atoms with Gasteiger partial charge in [0.2, 0.25) is 5.91 Å². The molecular weight excluding hydrogens is 465 g/mol. The second-order valence-electron chi connectivity index (χ2n) is 9.99. The Bertz CT molecular complexity index is 1130. The van der Waals surface area contributed by atoms with Gasteiger partial charge in [0.05, 0.1) is 34.6 Å². The van der Waals surface area contributed by atoms with Crippen molar-refractivity contribution in [3.63, 3.8) is 0 Å². The minimum atomic E-state index is -0.930. The van der Waals surface area contributed by atoms with Crippen LogP contribution in [0.1, 0.15) is 52.1 Å². The summed E-state index contributed by atoms with van der Waals surface area (Å²) in [5.74, 6) is 0.277. The number of carbonyl (C=O) groups is 1. The zero-order valence-corrected chi connectivity index (χ0v) is 20.6. The lowest BCUT2D eigenvalue weighted by Gasteiger charge is -2.65. The summed E-state index contributed by atoms with van der Waals surface area (Å²) in [6, 6.07) is 1.11. The van der Waals surface area contributed by atoms with Crippen molar-refractivity contribution in [2.45, 2.75) is 64.8 Å². The summed E-state index contributed by atoms with van der Waals surface area (Å²) in [6.45, 7) is 7.74. The first-order valence-corrected chi connectivity index (χ1v) is 11.8. The van der Waals surface area contributed by atoms with Gasteiger partial charge in [-0.25, -0.2) is 4.68 Å². The molecule has 10 heteroatoms. The molecule has 178 valence electrons. The number of pyridine rings is 1. The third kappa shape index (κ3) is 4.24. The average Bonchev–Trinajstić information content (AvgIpc) is 2.74. The van der Waals surface area contributed by atoms with Crippen LogP contribution in [0.3, 0.4) is 0 Å². The number of carbonyl (C=O) groups excluding carboxylic acids is 1. The Morgan fingerprint density at radius 3 is 2.67 bits per heavy atom. The van der Waals surface area contributed by atoms with Gasteiger partial charge in [-0.15, -0.1) is 0 Å². The largest absolute Gasteiger partial charge is 0.388 e. The Kier molecular flexibility index (Phi) is 6.22. The van der Waals surface area contributed by atoms with Crippen molar-refractivity contribution in [3.8, 4) is 0 Å². The number of aliphatic hydroxyl groups is 1. The highest BCUT2D eigenvalue weighted by molar-refractivity contribution is 6.33. The lowest BCUT2D eigenvalue weighted by Crippen LogP contribution is -2.68. The number of halogens is 2. The minimum Gasteiger partial charge on any atom is -0.388 e. The van der Waals surface area contributed by atoms with Gasteiger partial charge in [-0.05, 0) is 55.6 Å². The molecule has 0 saturated heterocycles. The van der Waals surface area contributed by atoms with Crippen LogP contribution in [0.2, 0.25) is 10.0 Å². The van der Waals surface area contributed by atoms with E-state index in [-0.39, 0.29) is 35.0 Å². The molecule has 0 radical (unpaired) electrons. The minimum absolute atomic E-state index is 0.0580. The van der Waals surface area contributed by atoms with Crippen LogP contribution < -0.4 is 16.2 Å². The maximum atomic E-state index is 12.8. The van der Waals surface area contributed by atoms with Gasteiger partial charge in [-0.3, -0.25) is 14.6 Å². The molecule has 2 aromatic rings. The molecule has 0 aliphatic heterocycles. The smallest absolute Gasteiger partial charge is 0.288 e. The van der Waals surface area contributed by atoms with Gasteiger partial charge < -0.3 is 15.7 Å². The van der Waals surface area contributed by atoms with E-state index in [1.807, 2.05) is 6.92 Å². The van der Waals surface area contributed by atoms with Gasteiger partial charge in [0, 0.05) is 12.4 Å². The van der Waals surface area contributed by atoms with Crippen molar-refractivity contribution in [2.75, 3.05) is 5.32 Å². The van der Waals surface area contributed by atoms with Crippen LogP contribution in [-0.2, 0) is 11.3 Å². The van der Waals surface area contributed by atoms with E-state index >= 15 is 0 Å². The molecule has 5 atom stereocenters. The van der Waals surface area contributed by atoms with E-state index in [1.54, 1.807) is 19.2 Å². The molecule has 5 rings (SSSR count). The second-order valence-corrected chi connectivity index (χ2v) is 10.8. The number of nitrogens with zero attached hydrogens (tertiary/aromatic N) is 3. The first kappa shape index (κ1) is 24.0. The second kappa shape index (κ2) is 8.56. The lowest BCUT2D eigenvalue weighted by molar-refractivity contribution is -0.199. The molecule has 0 spiro atoms. The van der Waals surface area contributed by atoms with Crippen molar-refractivity contribution in [1.29, 1.82) is 0 Å². The third-order valence-electron chi connectivity index (χ3n) is 7.66. The maximum absolute atomic E-state index is 12.8. The van der Waals surface area contributed by atoms with Gasteiger partial charge in [-0.1, -0.05) is 37.0 Å². The summed E-state index contributed by atoms with van der Waals surface area (Å²) in [5, 5.41) is 21.7. The standard InChI is InChI=1S/C23H29Cl2N5O3/c1-12(14-5-6-26-9-15(14)24)28-19(31)11-30-21(32)20(25)16(10-27-30)29-18-8-13-7-17(22(13,2)3)23(18,4)33/h5-6,9-10,12-13,17-18,29,33H,7-8,11H2,1-4H3,(H,28,31)/t12?,13-,17-,18-,23+/m1/s1. The zero-order valence-electron chi connectivity index (χ0n) is 19.1. The van der Waals surface area contributed by atoms with Gasteiger partial charge >= 0.3 is 0 Å². The summed E-state index contributed by atoms with van der Waals surface area (Å²) in [7, 11) is 0. The number of nitrogens with one attached hydrogen (secondary N) is 2. The molecular formula is C23H29Cl2N5O3. The van der Waals surface area contributed by atoms with E-state index in [2.05, 4.69) is 34.6 Å². The van der Waals surface area contributed by atoms with Crippen LogP contribution in [0.4, 0.5) is 5.69 Å². The number of aromatic nitrogens is 3. The Labute approximate surface area is 202 Å². The molecule has 2 aromatic heterocycles. The maximum Gasteiger partial charge on any atom is 0.288 e. The molecule has 3 N–H and O–H groups in total. The van der Waals surface area contributed by atoms with Gasteiger partial charge in [0.15, 0.2) is 0 Å². The summed E-state index contributed by atoms with van der Waals surface area (Å²) < 4.78 is 1.02. The SMILES string of the molecule is CC(NC(=O)Cn1ncc(N[C@@H]2C[C@H]3C[C@H](C3(C)C)[C@]2(C)O)c(Cl)c1=O)c1ccncc1Cl. The topological polar surface area (TPSA) is 109 Å². The fraction of sp³-hybridized carbons (Fsp3) is 0.565. The molecule has 2 bridgehead atoms. The van der Waals surface area contributed by atoms with Crippen LogP contribution in [-0.4, -0.2) is 37.4 Å². The number of amides is 1. The van der Waals surface area contributed by atoms with E-state index < -0.39 is 17.1 Å². The number of anilines is 1. The highest BCUT2D eigenvalue weighted by Crippen LogP contribution is 2.63. The summed E-state index contributed by atoms with van der Waals surface area (Å²) in [5.41, 5.74) is -0.329.